The lowest BCUT2D eigenvalue weighted by Gasteiger charge is -2.30. The van der Waals surface area contributed by atoms with Crippen molar-refractivity contribution in [2.75, 3.05) is 28.6 Å². The first-order valence-corrected chi connectivity index (χ1v) is 12.0. The molecular weight excluding hydrogens is 461 g/mol. The summed E-state index contributed by atoms with van der Waals surface area (Å²) in [5.41, 5.74) is 2.48. The molecule has 0 aliphatic rings. The highest BCUT2D eigenvalue weighted by Gasteiger charge is 2.24. The van der Waals surface area contributed by atoms with Crippen molar-refractivity contribution in [1.29, 1.82) is 0 Å². The van der Waals surface area contributed by atoms with Crippen molar-refractivity contribution in [1.82, 2.24) is 0 Å². The number of nitrogens with zero attached hydrogens (tertiary/aromatic N) is 1. The topological polar surface area (TPSA) is 94.8 Å². The van der Waals surface area contributed by atoms with Crippen LogP contribution in [0.5, 0.6) is 0 Å². The van der Waals surface area contributed by atoms with E-state index in [1.165, 1.54) is 12.1 Å². The number of carboxylic acid groups (broad SMARTS) is 1. The number of anilines is 3. The largest absolute Gasteiger partial charge is 0.478 e. The first-order valence-electron chi connectivity index (χ1n) is 12.0. The van der Waals surface area contributed by atoms with Gasteiger partial charge in [-0.25, -0.2) is 14.0 Å². The van der Waals surface area contributed by atoms with E-state index in [2.05, 4.69) is 43.2 Å². The van der Waals surface area contributed by atoms with Crippen LogP contribution in [0, 0.1) is 31.5 Å². The van der Waals surface area contributed by atoms with Gasteiger partial charge in [0.15, 0.2) is 0 Å². The van der Waals surface area contributed by atoms with Crippen LogP contribution < -0.4 is 15.5 Å². The van der Waals surface area contributed by atoms with Crippen LogP contribution in [0.1, 0.15) is 49.6 Å². The molecule has 7 nitrogen and oxygen atoms in total. The number of urea groups is 1. The van der Waals surface area contributed by atoms with Crippen LogP contribution in [0.2, 0.25) is 0 Å². The molecule has 0 unspecified atom stereocenters. The number of halogens is 1. The highest BCUT2D eigenvalue weighted by Crippen LogP contribution is 2.37. The highest BCUT2D eigenvalue weighted by molar-refractivity contribution is 6.03. The van der Waals surface area contributed by atoms with E-state index < -0.39 is 17.8 Å². The maximum absolute atomic E-state index is 14.1. The van der Waals surface area contributed by atoms with Crippen LogP contribution >= 0.6 is 0 Å². The number of aromatic carboxylic acids is 1. The molecule has 3 rings (SSSR count). The van der Waals surface area contributed by atoms with Crippen LogP contribution in [0.3, 0.4) is 0 Å². The zero-order valence-corrected chi connectivity index (χ0v) is 21.6. The first-order chi connectivity index (χ1) is 17.0. The number of carbonyl (C=O) groups is 2. The van der Waals surface area contributed by atoms with Crippen molar-refractivity contribution in [3.05, 3.63) is 65.4 Å². The SMILES string of the molecule is Cc1oc(C)c(-c2ccc(N(CC(C)C)CC(C)C)c(NC(=O)Nc3ccccc3F)c2)c1C(=O)O. The molecule has 0 radical (unpaired) electrons. The summed E-state index contributed by atoms with van der Waals surface area (Å²) >= 11 is 0. The number of rotatable bonds is 9. The van der Waals surface area contributed by atoms with Crippen LogP contribution in [0.15, 0.2) is 46.9 Å². The zero-order chi connectivity index (χ0) is 26.6. The second-order valence-electron chi connectivity index (χ2n) is 9.75. The third kappa shape index (κ3) is 6.24. The van der Waals surface area contributed by atoms with E-state index in [1.807, 2.05) is 12.1 Å². The van der Waals surface area contributed by atoms with Gasteiger partial charge in [0.1, 0.15) is 22.9 Å². The van der Waals surface area contributed by atoms with Crippen LogP contribution in [-0.2, 0) is 0 Å². The van der Waals surface area contributed by atoms with Crippen molar-refractivity contribution >= 4 is 29.1 Å². The van der Waals surface area contributed by atoms with Gasteiger partial charge in [0, 0.05) is 18.7 Å². The van der Waals surface area contributed by atoms with Crippen LogP contribution in [-0.4, -0.2) is 30.2 Å². The summed E-state index contributed by atoms with van der Waals surface area (Å²) in [7, 11) is 0. The van der Waals surface area contributed by atoms with Crippen LogP contribution in [0.25, 0.3) is 11.1 Å². The maximum Gasteiger partial charge on any atom is 0.339 e. The molecular formula is C28H34FN3O4. The van der Waals surface area contributed by atoms with Gasteiger partial charge >= 0.3 is 12.0 Å². The molecule has 0 atom stereocenters. The third-order valence-corrected chi connectivity index (χ3v) is 5.64. The summed E-state index contributed by atoms with van der Waals surface area (Å²) in [5.74, 6) is -0.121. The van der Waals surface area contributed by atoms with Gasteiger partial charge < -0.3 is 25.1 Å². The Morgan fingerprint density at radius 2 is 1.56 bits per heavy atom. The Kier molecular flexibility index (Phi) is 8.40. The number of para-hydroxylation sites is 1. The van der Waals surface area contributed by atoms with Gasteiger partial charge in [-0.05, 0) is 55.5 Å². The van der Waals surface area contributed by atoms with E-state index in [0.717, 1.165) is 18.8 Å². The fourth-order valence-electron chi connectivity index (χ4n) is 4.35. The smallest absolute Gasteiger partial charge is 0.339 e. The van der Waals surface area contributed by atoms with Crippen molar-refractivity contribution in [2.24, 2.45) is 11.8 Å². The minimum absolute atomic E-state index is 0.0587. The van der Waals surface area contributed by atoms with E-state index in [9.17, 15) is 19.1 Å². The normalized spacial score (nSPS) is 11.1. The Bertz CT molecular complexity index is 1240. The van der Waals surface area contributed by atoms with Crippen LogP contribution in [0.4, 0.5) is 26.2 Å². The third-order valence-electron chi connectivity index (χ3n) is 5.64. The zero-order valence-electron chi connectivity index (χ0n) is 21.6. The fraction of sp³-hybridized carbons (Fsp3) is 0.357. The van der Waals surface area contributed by atoms with E-state index >= 15 is 0 Å². The lowest BCUT2D eigenvalue weighted by molar-refractivity contribution is 0.0695. The van der Waals surface area contributed by atoms with Crippen molar-refractivity contribution in [2.45, 2.75) is 41.5 Å². The lowest BCUT2D eigenvalue weighted by Crippen LogP contribution is -2.32. The Morgan fingerprint density at radius 1 is 0.944 bits per heavy atom. The van der Waals surface area contributed by atoms with E-state index in [4.69, 9.17) is 4.42 Å². The van der Waals surface area contributed by atoms with Crippen molar-refractivity contribution in [3.63, 3.8) is 0 Å². The van der Waals surface area contributed by atoms with E-state index in [1.54, 1.807) is 32.0 Å². The molecule has 0 aliphatic carbocycles. The molecule has 3 N–H and O–H groups in total. The number of aryl methyl sites for hydroxylation is 2. The average molecular weight is 496 g/mol. The number of carbonyl (C=O) groups excluding carboxylic acids is 1. The monoisotopic (exact) mass is 495 g/mol. The Labute approximate surface area is 211 Å². The molecule has 0 spiro atoms. The number of hydrogen-bond donors (Lipinski definition) is 3. The number of benzene rings is 2. The molecule has 0 saturated carbocycles. The van der Waals surface area contributed by atoms with Gasteiger partial charge in [0.05, 0.1) is 17.1 Å². The summed E-state index contributed by atoms with van der Waals surface area (Å²) in [4.78, 5) is 27.1. The number of nitrogens with one attached hydrogen (secondary N) is 2. The Morgan fingerprint density at radius 3 is 2.14 bits per heavy atom. The molecule has 8 heteroatoms. The summed E-state index contributed by atoms with van der Waals surface area (Å²) < 4.78 is 19.7. The molecule has 0 bridgehead atoms. The highest BCUT2D eigenvalue weighted by atomic mass is 19.1. The number of furan rings is 1. The average Bonchev–Trinajstić information content (AvgIpc) is 3.08. The predicted octanol–water partition coefficient (Wildman–Crippen LogP) is 7.16. The van der Waals surface area contributed by atoms with E-state index in [-0.39, 0.29) is 11.3 Å². The Hall–Kier alpha value is -3.81. The second-order valence-corrected chi connectivity index (χ2v) is 9.75. The van der Waals surface area contributed by atoms with Crippen molar-refractivity contribution < 1.29 is 23.5 Å². The molecule has 0 aliphatic heterocycles. The van der Waals surface area contributed by atoms with E-state index in [0.29, 0.717) is 40.2 Å². The minimum Gasteiger partial charge on any atom is -0.478 e. The molecule has 1 aromatic heterocycles. The predicted molar refractivity (Wildman–Crippen MR) is 142 cm³/mol. The number of hydrogen-bond acceptors (Lipinski definition) is 4. The Balaban J connectivity index is 2.09. The molecule has 2 amide bonds. The van der Waals surface area contributed by atoms with Gasteiger partial charge in [-0.1, -0.05) is 45.9 Å². The summed E-state index contributed by atoms with van der Waals surface area (Å²) in [6.45, 7) is 13.3. The minimum atomic E-state index is -1.09. The first kappa shape index (κ1) is 26.8. The van der Waals surface area contributed by atoms with Gasteiger partial charge in [0.2, 0.25) is 0 Å². The molecule has 192 valence electrons. The molecule has 0 fully saturated rings. The second kappa shape index (κ2) is 11.3. The molecule has 36 heavy (non-hydrogen) atoms. The van der Waals surface area contributed by atoms with Gasteiger partial charge in [-0.15, -0.1) is 0 Å². The molecule has 3 aromatic rings. The quantitative estimate of drug-likeness (QED) is 0.293. The molecule has 2 aromatic carbocycles. The number of carboxylic acids is 1. The van der Waals surface area contributed by atoms with Crippen molar-refractivity contribution in [3.8, 4) is 11.1 Å². The fourth-order valence-corrected chi connectivity index (χ4v) is 4.35. The summed E-state index contributed by atoms with van der Waals surface area (Å²) in [6.07, 6.45) is 0. The lowest BCUT2D eigenvalue weighted by atomic mass is 9.98. The standard InChI is InChI=1S/C28H34FN3O4/c1-16(2)14-32(15-17(3)4)24-12-11-20(25-18(5)36-19(6)26(25)27(33)34)13-23(24)31-28(35)30-22-10-8-7-9-21(22)29/h7-13,16-17H,14-15H2,1-6H3,(H,33,34)(H2,30,31,35). The molecule has 0 saturated heterocycles. The van der Waals surface area contributed by atoms with Gasteiger partial charge in [-0.2, -0.15) is 0 Å². The maximum atomic E-state index is 14.1. The summed E-state index contributed by atoms with van der Waals surface area (Å²) in [6, 6.07) is 10.8. The number of amides is 2. The van der Waals surface area contributed by atoms with Gasteiger partial charge in [-0.3, -0.25) is 0 Å². The van der Waals surface area contributed by atoms with Gasteiger partial charge in [0.25, 0.3) is 0 Å². The molecule has 1 heterocycles. The summed E-state index contributed by atoms with van der Waals surface area (Å²) in [5, 5.41) is 15.2.